The molecule has 6 atom stereocenters. The van der Waals surface area contributed by atoms with Gasteiger partial charge in [0.25, 0.3) is 0 Å². The topological polar surface area (TPSA) is 161 Å². The summed E-state index contributed by atoms with van der Waals surface area (Å²) < 4.78 is 27.0. The Morgan fingerprint density at radius 1 is 0.762 bits per heavy atom. The fourth-order valence-electron chi connectivity index (χ4n) is 3.77. The van der Waals surface area contributed by atoms with Crippen molar-refractivity contribution in [3.8, 4) is 11.5 Å². The third-order valence-electron chi connectivity index (χ3n) is 7.15. The van der Waals surface area contributed by atoms with E-state index >= 15 is 0 Å². The molecule has 0 bridgehead atoms. The van der Waals surface area contributed by atoms with Gasteiger partial charge in [0.05, 0.1) is 6.42 Å². The predicted octanol–water partition coefficient (Wildman–Crippen LogP) is 6.31. The largest absolute Gasteiger partial charge is 0.514 e. The lowest BCUT2D eigenvalue weighted by Crippen LogP contribution is -2.42. The van der Waals surface area contributed by atoms with Crippen LogP contribution >= 0.6 is 0 Å². The molecule has 1 aromatic rings. The summed E-state index contributed by atoms with van der Waals surface area (Å²) in [6.07, 6.45) is -3.51. The average molecular weight is 596 g/mol. The Morgan fingerprint density at radius 2 is 1.24 bits per heavy atom. The first-order valence-electron chi connectivity index (χ1n) is 14.3. The number of aliphatic carboxylic acids is 1. The number of carboxylic acids is 1. The molecule has 0 aliphatic rings. The SMILES string of the molecule is CC(C)C(C)OC(=O)Oc1ccc(C(C(C)C(C)OC(=O)CC(C)(C)C)[C@H](N)C(=O)O)cc1OC(=O)OC(C)C(C)C. The summed E-state index contributed by atoms with van der Waals surface area (Å²) in [6, 6.07) is 2.82. The van der Waals surface area contributed by atoms with E-state index in [4.69, 9.17) is 29.4 Å². The fourth-order valence-corrected chi connectivity index (χ4v) is 3.77. The van der Waals surface area contributed by atoms with Gasteiger partial charge in [0, 0.05) is 11.8 Å². The Hall–Kier alpha value is -3.34. The highest BCUT2D eigenvalue weighted by molar-refractivity contribution is 5.75. The van der Waals surface area contributed by atoms with E-state index in [1.165, 1.54) is 18.2 Å². The van der Waals surface area contributed by atoms with Gasteiger partial charge < -0.3 is 34.5 Å². The zero-order chi connectivity index (χ0) is 32.5. The molecule has 0 amide bonds. The molecule has 11 nitrogen and oxygen atoms in total. The number of esters is 1. The fraction of sp³-hybridized carbons (Fsp3) is 0.677. The van der Waals surface area contributed by atoms with Gasteiger partial charge in [0.2, 0.25) is 0 Å². The maximum atomic E-state index is 12.6. The van der Waals surface area contributed by atoms with Gasteiger partial charge in [0.15, 0.2) is 11.5 Å². The summed E-state index contributed by atoms with van der Waals surface area (Å²) in [7, 11) is 0. The van der Waals surface area contributed by atoms with Gasteiger partial charge in [-0.2, -0.15) is 0 Å². The number of ether oxygens (including phenoxy) is 5. The Bertz CT molecular complexity index is 1080. The second-order valence-corrected chi connectivity index (χ2v) is 12.7. The number of nitrogens with two attached hydrogens (primary N) is 1. The van der Waals surface area contributed by atoms with Crippen LogP contribution in [0.1, 0.15) is 94.1 Å². The van der Waals surface area contributed by atoms with Gasteiger partial charge in [-0.25, -0.2) is 9.59 Å². The Labute approximate surface area is 249 Å². The quantitative estimate of drug-likeness (QED) is 0.149. The van der Waals surface area contributed by atoms with Crippen molar-refractivity contribution in [3.05, 3.63) is 23.8 Å². The summed E-state index contributed by atoms with van der Waals surface area (Å²) in [5.74, 6) is -3.48. The Balaban J connectivity index is 3.48. The van der Waals surface area contributed by atoms with E-state index in [1.807, 2.05) is 48.5 Å². The molecule has 238 valence electrons. The van der Waals surface area contributed by atoms with E-state index in [1.54, 1.807) is 27.7 Å². The number of hydrogen-bond acceptors (Lipinski definition) is 10. The highest BCUT2D eigenvalue weighted by Gasteiger charge is 2.36. The molecule has 0 aliphatic heterocycles. The van der Waals surface area contributed by atoms with Crippen molar-refractivity contribution >= 4 is 24.2 Å². The van der Waals surface area contributed by atoms with Gasteiger partial charge in [-0.1, -0.05) is 61.5 Å². The number of carbonyl (C=O) groups excluding carboxylic acids is 3. The highest BCUT2D eigenvalue weighted by atomic mass is 16.7. The number of benzene rings is 1. The molecule has 3 N–H and O–H groups in total. The van der Waals surface area contributed by atoms with Gasteiger partial charge in [0.1, 0.15) is 24.4 Å². The normalized spacial score (nSPS) is 16.0. The molecule has 0 radical (unpaired) electrons. The zero-order valence-electron chi connectivity index (χ0n) is 26.8. The van der Waals surface area contributed by atoms with Crippen LogP contribution in [0.3, 0.4) is 0 Å². The van der Waals surface area contributed by atoms with Crippen molar-refractivity contribution in [1.82, 2.24) is 0 Å². The molecule has 0 aliphatic carbocycles. The van der Waals surface area contributed by atoms with Gasteiger partial charge in [-0.05, 0) is 55.7 Å². The van der Waals surface area contributed by atoms with Gasteiger partial charge in [-0.3, -0.25) is 9.59 Å². The van der Waals surface area contributed by atoms with Crippen LogP contribution in [0.4, 0.5) is 9.59 Å². The van der Waals surface area contributed by atoms with E-state index in [0.717, 1.165) is 0 Å². The lowest BCUT2D eigenvalue weighted by atomic mass is 9.79. The summed E-state index contributed by atoms with van der Waals surface area (Å²) in [6.45, 7) is 20.0. The van der Waals surface area contributed by atoms with E-state index in [0.29, 0.717) is 5.56 Å². The molecule has 5 unspecified atom stereocenters. The Morgan fingerprint density at radius 3 is 1.67 bits per heavy atom. The molecule has 11 heteroatoms. The lowest BCUT2D eigenvalue weighted by molar-refractivity contribution is -0.153. The van der Waals surface area contributed by atoms with Crippen molar-refractivity contribution in [2.45, 2.75) is 113 Å². The first-order chi connectivity index (χ1) is 19.2. The van der Waals surface area contributed by atoms with Gasteiger partial charge >= 0.3 is 24.2 Å². The molecule has 1 aromatic carbocycles. The van der Waals surface area contributed by atoms with Crippen LogP contribution in [0.5, 0.6) is 11.5 Å². The van der Waals surface area contributed by atoms with Crippen LogP contribution in [0.15, 0.2) is 18.2 Å². The number of hydrogen-bond donors (Lipinski definition) is 2. The third kappa shape index (κ3) is 11.9. The van der Waals surface area contributed by atoms with Crippen LogP contribution < -0.4 is 15.2 Å². The second kappa shape index (κ2) is 15.8. The van der Waals surface area contributed by atoms with Crippen molar-refractivity contribution in [1.29, 1.82) is 0 Å². The van der Waals surface area contributed by atoms with Crippen LogP contribution in [0.2, 0.25) is 0 Å². The molecule has 0 saturated carbocycles. The van der Waals surface area contributed by atoms with Crippen LogP contribution in [0.25, 0.3) is 0 Å². The molecule has 0 saturated heterocycles. The van der Waals surface area contributed by atoms with E-state index in [9.17, 15) is 24.3 Å². The van der Waals surface area contributed by atoms with E-state index in [-0.39, 0.29) is 35.2 Å². The minimum atomic E-state index is -1.41. The highest BCUT2D eigenvalue weighted by Crippen LogP contribution is 2.38. The molecule has 42 heavy (non-hydrogen) atoms. The van der Waals surface area contributed by atoms with Crippen LogP contribution in [-0.4, -0.2) is 53.7 Å². The Kier molecular flexibility index (Phi) is 13.8. The molecular formula is C31H49NO10. The minimum Gasteiger partial charge on any atom is -0.480 e. The number of carbonyl (C=O) groups is 4. The second-order valence-electron chi connectivity index (χ2n) is 12.7. The summed E-state index contributed by atoms with van der Waals surface area (Å²) in [5, 5.41) is 9.82. The molecule has 0 aromatic heterocycles. The number of carboxylic acid groups (broad SMARTS) is 1. The molecule has 0 fully saturated rings. The standard InChI is InChI=1S/C31H49NO10/c1-16(2)19(6)39-29(36)41-23-13-12-22(14-24(23)42-30(37)40-20(7)17(3)4)26(27(32)28(34)35)18(5)21(8)38-25(33)15-31(9,10)11/h12-14,16-21,26-27H,15,32H2,1-11H3,(H,34,35)/t18?,19?,20?,21?,26?,27-/m0/s1. The van der Waals surface area contributed by atoms with E-state index in [2.05, 4.69) is 0 Å². The smallest absolute Gasteiger partial charge is 0.480 e. The summed E-state index contributed by atoms with van der Waals surface area (Å²) in [5.41, 5.74) is 6.20. The van der Waals surface area contributed by atoms with Crippen molar-refractivity contribution in [2.75, 3.05) is 0 Å². The van der Waals surface area contributed by atoms with Crippen LogP contribution in [-0.2, 0) is 23.8 Å². The first kappa shape index (κ1) is 36.7. The van der Waals surface area contributed by atoms with Crippen molar-refractivity contribution < 1.29 is 48.0 Å². The summed E-state index contributed by atoms with van der Waals surface area (Å²) >= 11 is 0. The summed E-state index contributed by atoms with van der Waals surface area (Å²) in [4.78, 5) is 49.7. The van der Waals surface area contributed by atoms with Crippen molar-refractivity contribution in [2.24, 2.45) is 28.9 Å². The monoisotopic (exact) mass is 595 g/mol. The lowest BCUT2D eigenvalue weighted by Gasteiger charge is -2.32. The molecule has 0 spiro atoms. The number of rotatable bonds is 13. The van der Waals surface area contributed by atoms with Crippen molar-refractivity contribution in [3.63, 3.8) is 0 Å². The predicted molar refractivity (Wildman–Crippen MR) is 156 cm³/mol. The van der Waals surface area contributed by atoms with Gasteiger partial charge in [-0.15, -0.1) is 0 Å². The molecule has 0 heterocycles. The minimum absolute atomic E-state index is 0.00776. The maximum Gasteiger partial charge on any atom is 0.514 e. The van der Waals surface area contributed by atoms with E-state index < -0.39 is 60.4 Å². The van der Waals surface area contributed by atoms with Crippen LogP contribution in [0, 0.1) is 23.2 Å². The molecule has 1 rings (SSSR count). The molecular weight excluding hydrogens is 546 g/mol. The first-order valence-corrected chi connectivity index (χ1v) is 14.3. The average Bonchev–Trinajstić information content (AvgIpc) is 2.83. The zero-order valence-corrected chi connectivity index (χ0v) is 26.8. The maximum absolute atomic E-state index is 12.6. The third-order valence-corrected chi connectivity index (χ3v) is 7.15.